The summed E-state index contributed by atoms with van der Waals surface area (Å²) in [6.07, 6.45) is 33.1. The third-order valence-corrected chi connectivity index (χ3v) is 26.2. The summed E-state index contributed by atoms with van der Waals surface area (Å²) < 4.78 is 89.1. The molecule has 8 aliphatic rings. The Bertz CT molecular complexity index is 7300. The predicted molar refractivity (Wildman–Crippen MR) is 488 cm³/mol. The Labute approximate surface area is 752 Å². The van der Waals surface area contributed by atoms with E-state index in [1.165, 1.54) is 56.0 Å². The van der Waals surface area contributed by atoms with Crippen LogP contribution in [-0.2, 0) is 21.7 Å². The number of fused-ring (bicyclic) bond motifs is 4. The fraction of sp³-hybridized carbons (Fsp3) is 0.315. The molecule has 8 saturated carbocycles. The van der Waals surface area contributed by atoms with Crippen molar-refractivity contribution in [1.29, 1.82) is 0 Å². The van der Waals surface area contributed by atoms with Crippen molar-refractivity contribution in [2.75, 3.05) is 65.5 Å². The van der Waals surface area contributed by atoms with E-state index in [-0.39, 0.29) is 68.0 Å². The van der Waals surface area contributed by atoms with Crippen molar-refractivity contribution < 1.29 is 54.8 Å². The van der Waals surface area contributed by atoms with Crippen molar-refractivity contribution in [3.8, 4) is 44.6 Å². The molecule has 8 aliphatic carbocycles. The maximum atomic E-state index is 15.0. The van der Waals surface area contributed by atoms with E-state index in [9.17, 15) is 32.3 Å². The molecule has 0 atom stereocenters. The number of nitrogens with two attached hydrogens (primary N) is 4. The van der Waals surface area contributed by atoms with E-state index in [1.807, 2.05) is 36.1 Å². The highest BCUT2D eigenvalue weighted by Gasteiger charge is 2.46. The Morgan fingerprint density at radius 3 is 1.09 bits per heavy atom. The maximum Gasteiger partial charge on any atom is 0.326 e. The summed E-state index contributed by atoms with van der Waals surface area (Å²) in [5.41, 5.74) is 34.5. The molecule has 8 fully saturated rings. The summed E-state index contributed by atoms with van der Waals surface area (Å²) in [4.78, 5) is 88.0. The van der Waals surface area contributed by atoms with E-state index in [0.29, 0.717) is 91.4 Å². The van der Waals surface area contributed by atoms with Gasteiger partial charge in [-0.3, -0.25) is 26.3 Å². The number of aromatic nitrogens is 17. The lowest BCUT2D eigenvalue weighted by Gasteiger charge is -2.27. The summed E-state index contributed by atoms with van der Waals surface area (Å²) in [5.74, 6) is 0.753. The van der Waals surface area contributed by atoms with E-state index in [4.69, 9.17) is 41.0 Å². The van der Waals surface area contributed by atoms with Gasteiger partial charge in [0.25, 0.3) is 0 Å². The smallest absolute Gasteiger partial charge is 0.326 e. The lowest BCUT2D eigenvalue weighted by Crippen LogP contribution is -2.21. The van der Waals surface area contributed by atoms with Gasteiger partial charge < -0.3 is 80.6 Å². The van der Waals surface area contributed by atoms with Crippen LogP contribution in [0.15, 0.2) is 159 Å². The van der Waals surface area contributed by atoms with Gasteiger partial charge in [-0.1, -0.05) is 60.5 Å². The van der Waals surface area contributed by atoms with Crippen LogP contribution >= 0.6 is 0 Å². The topological polar surface area (TPSA) is 508 Å². The zero-order chi connectivity index (χ0) is 91.7. The monoisotopic (exact) mass is 1800 g/mol. The normalized spacial score (nSPS) is 16.7. The van der Waals surface area contributed by atoms with Crippen molar-refractivity contribution in [1.82, 2.24) is 83.8 Å². The number of hydrogen-bond donors (Lipinski definition) is 12. The Balaban J connectivity index is 0.000000107. The molecule has 41 heteroatoms. The van der Waals surface area contributed by atoms with Crippen LogP contribution in [0.4, 0.5) is 106 Å². The molecule has 16 N–H and O–H groups in total. The second-order valence-electron chi connectivity index (χ2n) is 36.4. The van der Waals surface area contributed by atoms with E-state index in [0.717, 1.165) is 177 Å². The fourth-order valence-electron chi connectivity index (χ4n) is 16.5. The summed E-state index contributed by atoms with van der Waals surface area (Å²) >= 11 is 0. The number of benzene rings is 3. The molecule has 0 radical (unpaired) electrons. The van der Waals surface area contributed by atoms with Crippen LogP contribution in [0.2, 0.25) is 0 Å². The largest absolute Gasteiger partial charge is 0.383 e. The number of nitrogens with zero attached hydrogens (tertiary/aromatic N) is 17. The minimum absolute atomic E-state index is 0.00152. The molecule has 16 aromatic rings. The Kier molecular flexibility index (Phi) is 20.6. The number of anilines is 12. The molecule has 37 nitrogen and oxygen atoms in total. The number of urea groups is 4. The number of carbonyl (C=O) groups excluding carboxylic acids is 4. The minimum Gasteiger partial charge on any atom is -0.383 e. The molecular weight excluding hydrogens is 1720 g/mol. The fourth-order valence-corrected chi connectivity index (χ4v) is 16.5. The number of halogens is 4. The van der Waals surface area contributed by atoms with Crippen LogP contribution in [0.5, 0.6) is 0 Å². The number of nitrogen functional groups attached to an aromatic ring is 4. The highest BCUT2D eigenvalue weighted by atomic mass is 19.1. The van der Waals surface area contributed by atoms with Gasteiger partial charge in [0.15, 0.2) is 11.6 Å². The average molecular weight is 1800 g/mol. The van der Waals surface area contributed by atoms with Crippen LogP contribution in [0.3, 0.4) is 0 Å². The molecule has 0 unspecified atom stereocenters. The number of pyridine rings is 1. The number of hydrogen-bond acceptors (Lipinski definition) is 25. The van der Waals surface area contributed by atoms with Gasteiger partial charge in [0.1, 0.15) is 112 Å². The molecule has 678 valence electrons. The highest BCUT2D eigenvalue weighted by molar-refractivity contribution is 6.07. The van der Waals surface area contributed by atoms with Gasteiger partial charge in [-0.15, -0.1) is 0 Å². The standard InChI is InChI=1S/C24H24FN7O2.C23H21F2N7O2.C23H22FN7O2.C22H22N8O2/c1-24(7-8-24)18-10-19(31-34-18)30-23(33)29-17-6-5-13(9-16(17)25)15-11-32(14-3-2-4-14)22-20(15)21(26)27-12-28-22;1-23(4-5-23)16-8-17(31-34-16)29-22(33)30-19-14(24)6-11(7-15(19)25)13-9-32(12-2-3-12)21-18(13)20(26)27-10-28-21;1-23(6-7-23)17-9-18(33-30-17)29-22(32)28-16-5-2-12(8-15(16)24)14-10-31(13-3-4-13)21-19(14)20(25)26-11-27-21;1-22(6-7-22)16-8-17(32-29-16)28-21(31)27-12-2-5-15(24-9-12)14-10-30(13-3-4-13)20-18(14)19(23)25-11-26-20/h5-6,9-12,14H,2-4,7-8H2,1H3,(H2,26,27,28)(H2,29,30,31,33);6-10,12H,2-5H2,1H3,(H2,26,27,28)(H2,29,30,31,33);2,5,8-11,13H,3-4,6-7H2,1H3,(H2,25,26,27)(H2,28,29,32);2,5,8-11,13H,3-4,6-7H2,1H3,(H2,23,25,26)(H2,27,28,31). The Morgan fingerprint density at radius 1 is 0.361 bits per heavy atom. The molecule has 0 aliphatic heterocycles. The van der Waals surface area contributed by atoms with Gasteiger partial charge in [0.05, 0.1) is 61.9 Å². The van der Waals surface area contributed by atoms with E-state index in [1.54, 1.807) is 54.9 Å². The van der Waals surface area contributed by atoms with Crippen LogP contribution in [0, 0.1) is 23.3 Å². The van der Waals surface area contributed by atoms with Crippen LogP contribution in [0.25, 0.3) is 88.8 Å². The highest BCUT2D eigenvalue weighted by Crippen LogP contribution is 2.53. The van der Waals surface area contributed by atoms with Crippen LogP contribution in [0.1, 0.15) is 184 Å². The molecule has 0 saturated heterocycles. The Hall–Kier alpha value is -15.9. The second-order valence-corrected chi connectivity index (χ2v) is 36.4. The number of amides is 8. The van der Waals surface area contributed by atoms with Gasteiger partial charge in [-0.05, 0) is 174 Å². The first-order valence-electron chi connectivity index (χ1n) is 43.9. The molecule has 0 spiro atoms. The van der Waals surface area contributed by atoms with E-state index >= 15 is 4.39 Å². The first-order valence-corrected chi connectivity index (χ1v) is 43.9. The molecule has 3 aromatic carbocycles. The molecular formula is C92H89F4N29O8. The SMILES string of the molecule is CC1(c2cc(NC(=O)Nc3c(F)cc(-c4cn(C5CC5)c5ncnc(N)c45)cc3F)no2)CC1.CC1(c2cc(NC(=O)Nc3ccc(-c4cn(C5CC5)c5ncnc(N)c45)cc3F)on2)CC1.CC1(c2cc(NC(=O)Nc3ccc(-c4cn(C5CC5)c5ncnc(N)c45)nc3)on2)CC1.CC1(c2cc(NC(=O)Nc3ccc(-c4cn(C5CCC5)c5ncnc(N)c45)cc3F)no2)CC1. The van der Waals surface area contributed by atoms with Crippen molar-refractivity contribution in [3.05, 3.63) is 187 Å². The molecule has 13 aromatic heterocycles. The third kappa shape index (κ3) is 16.9. The number of rotatable bonds is 20. The maximum absolute atomic E-state index is 15.0. The van der Waals surface area contributed by atoms with Gasteiger partial charge in [0.2, 0.25) is 11.8 Å². The lowest BCUT2D eigenvalue weighted by atomic mass is 9.93. The molecule has 133 heavy (non-hydrogen) atoms. The van der Waals surface area contributed by atoms with Gasteiger partial charge in [-0.25, -0.2) is 76.6 Å². The zero-order valence-electron chi connectivity index (χ0n) is 72.3. The van der Waals surface area contributed by atoms with Crippen LogP contribution < -0.4 is 65.5 Å². The number of nitrogens with one attached hydrogen (secondary N) is 8. The average Bonchev–Trinajstić information content (AvgIpc) is 1.57. The first kappa shape index (κ1) is 84.0. The minimum atomic E-state index is -0.931. The number of carbonyl (C=O) groups is 4. The van der Waals surface area contributed by atoms with E-state index in [2.05, 4.69) is 142 Å². The first-order chi connectivity index (χ1) is 64.1. The van der Waals surface area contributed by atoms with Gasteiger partial charge in [0, 0.05) is 117 Å². The lowest BCUT2D eigenvalue weighted by molar-refractivity contribution is 0.260. The molecule has 13 heterocycles. The zero-order valence-corrected chi connectivity index (χ0v) is 72.3. The summed E-state index contributed by atoms with van der Waals surface area (Å²) in [5, 5.41) is 38.8. The molecule has 8 amide bonds. The summed E-state index contributed by atoms with van der Waals surface area (Å²) in [6.45, 7) is 8.33. The third-order valence-electron chi connectivity index (χ3n) is 26.2. The van der Waals surface area contributed by atoms with Gasteiger partial charge >= 0.3 is 24.1 Å². The van der Waals surface area contributed by atoms with Crippen molar-refractivity contribution >= 4 is 138 Å². The van der Waals surface area contributed by atoms with Crippen molar-refractivity contribution in [3.63, 3.8) is 0 Å². The predicted octanol–water partition coefficient (Wildman–Crippen LogP) is 19.1. The Morgan fingerprint density at radius 2 is 0.722 bits per heavy atom. The van der Waals surface area contributed by atoms with Crippen molar-refractivity contribution in [2.45, 2.75) is 183 Å². The summed E-state index contributed by atoms with van der Waals surface area (Å²) in [7, 11) is 0. The summed E-state index contributed by atoms with van der Waals surface area (Å²) in [6, 6.07) is 21.0. The van der Waals surface area contributed by atoms with Crippen molar-refractivity contribution in [2.24, 2.45) is 0 Å². The van der Waals surface area contributed by atoms with Crippen LogP contribution in [-0.4, -0.2) is 108 Å². The second kappa shape index (κ2) is 32.6. The quantitative estimate of drug-likeness (QED) is 0.0315. The van der Waals surface area contributed by atoms with E-state index < -0.39 is 53.1 Å². The van der Waals surface area contributed by atoms with Gasteiger partial charge in [-0.2, -0.15) is 0 Å². The molecule has 24 rings (SSSR count). The molecule has 0 bridgehead atoms.